The number of nitrogens with one attached hydrogen (secondary N) is 1. The molecule has 0 aliphatic heterocycles. The molecule has 4 heteroatoms. The van der Waals surface area contributed by atoms with Crippen molar-refractivity contribution in [2.75, 3.05) is 6.61 Å². The second-order valence-electron chi connectivity index (χ2n) is 20.0. The molecular formula is C64H115NO3. The van der Waals surface area contributed by atoms with Crippen LogP contribution in [0.3, 0.4) is 0 Å². The predicted molar refractivity (Wildman–Crippen MR) is 303 cm³/mol. The van der Waals surface area contributed by atoms with E-state index in [1.54, 1.807) is 6.08 Å². The maximum atomic E-state index is 12.5. The lowest BCUT2D eigenvalue weighted by Gasteiger charge is -2.19. The van der Waals surface area contributed by atoms with Gasteiger partial charge in [-0.1, -0.05) is 298 Å². The zero-order chi connectivity index (χ0) is 49.2. The van der Waals surface area contributed by atoms with Crippen molar-refractivity contribution in [1.29, 1.82) is 0 Å². The van der Waals surface area contributed by atoms with Gasteiger partial charge >= 0.3 is 0 Å². The molecule has 2 atom stereocenters. The van der Waals surface area contributed by atoms with Crippen molar-refractivity contribution >= 4 is 5.91 Å². The van der Waals surface area contributed by atoms with E-state index in [1.165, 1.54) is 212 Å². The van der Waals surface area contributed by atoms with Gasteiger partial charge in [-0.15, -0.1) is 0 Å². The van der Waals surface area contributed by atoms with Gasteiger partial charge < -0.3 is 15.5 Å². The number of carbonyl (C=O) groups excluding carboxylic acids is 1. The smallest absolute Gasteiger partial charge is 0.220 e. The molecule has 0 saturated carbocycles. The number of allylic oxidation sites excluding steroid dienone is 13. The molecule has 2 unspecified atom stereocenters. The highest BCUT2D eigenvalue weighted by molar-refractivity contribution is 5.76. The Kier molecular flexibility index (Phi) is 56.8. The van der Waals surface area contributed by atoms with Gasteiger partial charge in [-0.3, -0.25) is 4.79 Å². The molecule has 0 heterocycles. The number of aliphatic hydroxyl groups excluding tert-OH is 2. The van der Waals surface area contributed by atoms with Crippen molar-refractivity contribution in [2.45, 2.75) is 309 Å². The van der Waals surface area contributed by atoms with Crippen LogP contribution in [0.5, 0.6) is 0 Å². The van der Waals surface area contributed by atoms with E-state index >= 15 is 0 Å². The lowest BCUT2D eigenvalue weighted by Crippen LogP contribution is -2.45. The molecule has 3 N–H and O–H groups in total. The first-order valence-corrected chi connectivity index (χ1v) is 29.8. The fourth-order valence-electron chi connectivity index (χ4n) is 8.87. The van der Waals surface area contributed by atoms with E-state index in [2.05, 4.69) is 92.1 Å². The second kappa shape index (κ2) is 58.9. The molecule has 0 bridgehead atoms. The van der Waals surface area contributed by atoms with E-state index in [4.69, 9.17) is 0 Å². The largest absolute Gasteiger partial charge is 0.394 e. The van der Waals surface area contributed by atoms with Crippen LogP contribution in [0.2, 0.25) is 0 Å². The van der Waals surface area contributed by atoms with Crippen LogP contribution in [0.15, 0.2) is 85.1 Å². The van der Waals surface area contributed by atoms with Crippen LogP contribution in [0.25, 0.3) is 0 Å². The third-order valence-electron chi connectivity index (χ3n) is 13.4. The Balaban J connectivity index is 3.54. The highest BCUT2D eigenvalue weighted by Crippen LogP contribution is 2.17. The van der Waals surface area contributed by atoms with E-state index in [9.17, 15) is 15.0 Å². The SMILES string of the molecule is CC/C=C\C/C=C\C/C=C\C/C=C\C/C=C\CCCCCCCCCCCCCC(=O)NC(CO)C(O)/C=C/CC/C=C/CCCCCCCCCCCCCCCCCCCCCCCCC. The molecule has 0 saturated heterocycles. The Morgan fingerprint density at radius 2 is 0.662 bits per heavy atom. The monoisotopic (exact) mass is 946 g/mol. The molecule has 0 aromatic carbocycles. The fourth-order valence-corrected chi connectivity index (χ4v) is 8.87. The molecule has 0 aromatic rings. The van der Waals surface area contributed by atoms with Crippen LogP contribution in [-0.2, 0) is 4.79 Å². The molecule has 1 amide bonds. The first-order chi connectivity index (χ1) is 33.7. The van der Waals surface area contributed by atoms with Crippen molar-refractivity contribution in [1.82, 2.24) is 5.32 Å². The number of unbranched alkanes of at least 4 members (excludes halogenated alkanes) is 35. The molecule has 4 nitrogen and oxygen atoms in total. The maximum Gasteiger partial charge on any atom is 0.220 e. The van der Waals surface area contributed by atoms with E-state index in [-0.39, 0.29) is 12.5 Å². The van der Waals surface area contributed by atoms with Gasteiger partial charge in [0.15, 0.2) is 0 Å². The summed E-state index contributed by atoms with van der Waals surface area (Å²) in [5, 5.41) is 23.2. The summed E-state index contributed by atoms with van der Waals surface area (Å²) in [7, 11) is 0. The van der Waals surface area contributed by atoms with Crippen LogP contribution < -0.4 is 5.32 Å². The average Bonchev–Trinajstić information content (AvgIpc) is 3.34. The van der Waals surface area contributed by atoms with Crippen LogP contribution in [0.1, 0.15) is 296 Å². The second-order valence-corrected chi connectivity index (χ2v) is 20.0. The lowest BCUT2D eigenvalue weighted by atomic mass is 10.0. The minimum atomic E-state index is -0.870. The zero-order valence-corrected chi connectivity index (χ0v) is 45.4. The van der Waals surface area contributed by atoms with Crippen molar-refractivity contribution in [3.63, 3.8) is 0 Å². The molecule has 68 heavy (non-hydrogen) atoms. The van der Waals surface area contributed by atoms with Crippen molar-refractivity contribution in [3.8, 4) is 0 Å². The summed E-state index contributed by atoms with van der Waals surface area (Å²) in [6.45, 7) is 4.20. The molecular weight excluding hydrogens is 831 g/mol. The van der Waals surface area contributed by atoms with Gasteiger partial charge in [-0.05, 0) is 77.0 Å². The predicted octanol–water partition coefficient (Wildman–Crippen LogP) is 19.9. The van der Waals surface area contributed by atoms with Crippen LogP contribution in [0, 0.1) is 0 Å². The van der Waals surface area contributed by atoms with E-state index < -0.39 is 12.1 Å². The minimum absolute atomic E-state index is 0.0774. The third-order valence-corrected chi connectivity index (χ3v) is 13.4. The van der Waals surface area contributed by atoms with Crippen molar-refractivity contribution in [3.05, 3.63) is 85.1 Å². The summed E-state index contributed by atoms with van der Waals surface area (Å²) in [5.41, 5.74) is 0. The maximum absolute atomic E-state index is 12.5. The van der Waals surface area contributed by atoms with Gasteiger partial charge in [-0.25, -0.2) is 0 Å². The van der Waals surface area contributed by atoms with Gasteiger partial charge in [-0.2, -0.15) is 0 Å². The van der Waals surface area contributed by atoms with Crippen LogP contribution >= 0.6 is 0 Å². The molecule has 0 radical (unpaired) electrons. The van der Waals surface area contributed by atoms with Gasteiger partial charge in [0.1, 0.15) is 0 Å². The summed E-state index contributed by atoms with van der Waals surface area (Å²) in [4.78, 5) is 12.5. The standard InChI is InChI=1S/C64H115NO3/c1-3-5-7-9-11-13-15-17-19-21-23-25-27-29-31-32-34-35-37-39-41-43-45-47-49-51-53-55-57-59-63(67)62(61-66)65-64(68)60-58-56-54-52-50-48-46-44-42-40-38-36-33-30-28-26-24-22-20-18-16-14-12-10-8-6-4-2/h6,8,12,14,18,20,24,26,30,33,49,51,57,59,62-63,66-67H,3-5,7,9-11,13,15-17,19,21-23,25,27-29,31-32,34-48,50,52-56,58,60-61H2,1-2H3,(H,65,68)/b8-6-,14-12-,20-18-,26-24-,33-30-,51-49+,59-57+. The number of aliphatic hydroxyl groups is 2. The fraction of sp³-hybridized carbons (Fsp3) is 0.766. The first-order valence-electron chi connectivity index (χ1n) is 29.8. The molecule has 0 spiro atoms. The Morgan fingerprint density at radius 3 is 1.03 bits per heavy atom. The summed E-state index contributed by atoms with van der Waals surface area (Å²) in [6.07, 6.45) is 86.2. The number of rotatable bonds is 54. The molecule has 0 fully saturated rings. The van der Waals surface area contributed by atoms with E-state index in [1.807, 2.05) is 6.08 Å². The lowest BCUT2D eigenvalue weighted by molar-refractivity contribution is -0.123. The topological polar surface area (TPSA) is 69.6 Å². The highest BCUT2D eigenvalue weighted by Gasteiger charge is 2.18. The van der Waals surface area contributed by atoms with Gasteiger partial charge in [0, 0.05) is 6.42 Å². The molecule has 0 aromatic heterocycles. The van der Waals surface area contributed by atoms with Crippen LogP contribution in [-0.4, -0.2) is 34.9 Å². The summed E-state index contributed by atoms with van der Waals surface area (Å²) >= 11 is 0. The molecule has 0 aliphatic carbocycles. The average molecular weight is 947 g/mol. The van der Waals surface area contributed by atoms with E-state index in [0.29, 0.717) is 6.42 Å². The quantitative estimate of drug-likeness (QED) is 0.0420. The summed E-state index contributed by atoms with van der Waals surface area (Å²) in [5.74, 6) is -0.0774. The summed E-state index contributed by atoms with van der Waals surface area (Å²) < 4.78 is 0. The van der Waals surface area contributed by atoms with E-state index in [0.717, 1.165) is 64.2 Å². The molecule has 0 aliphatic rings. The van der Waals surface area contributed by atoms with Gasteiger partial charge in [0.05, 0.1) is 18.8 Å². The normalized spacial score (nSPS) is 13.4. The summed E-state index contributed by atoms with van der Waals surface area (Å²) in [6, 6.07) is -0.647. The Morgan fingerprint density at radius 1 is 0.368 bits per heavy atom. The Hall–Kier alpha value is -2.43. The van der Waals surface area contributed by atoms with Crippen molar-refractivity contribution < 1.29 is 15.0 Å². The number of hydrogen-bond donors (Lipinski definition) is 3. The zero-order valence-electron chi connectivity index (χ0n) is 45.4. The Bertz CT molecular complexity index is 1210. The van der Waals surface area contributed by atoms with Gasteiger partial charge in [0.2, 0.25) is 5.91 Å². The molecule has 0 rings (SSSR count). The number of carbonyl (C=O) groups is 1. The number of hydrogen-bond acceptors (Lipinski definition) is 3. The van der Waals surface area contributed by atoms with Gasteiger partial charge in [0.25, 0.3) is 0 Å². The minimum Gasteiger partial charge on any atom is -0.394 e. The van der Waals surface area contributed by atoms with Crippen molar-refractivity contribution in [2.24, 2.45) is 0 Å². The highest BCUT2D eigenvalue weighted by atomic mass is 16.3. The molecule has 394 valence electrons. The first kappa shape index (κ1) is 65.6. The number of amides is 1. The van der Waals surface area contributed by atoms with Crippen LogP contribution in [0.4, 0.5) is 0 Å². The third kappa shape index (κ3) is 54.5. The Labute approximate surface area is 424 Å².